The summed E-state index contributed by atoms with van der Waals surface area (Å²) in [4.78, 5) is 17.3. The molecule has 0 radical (unpaired) electrons. The van der Waals surface area contributed by atoms with Gasteiger partial charge in [-0.25, -0.2) is 4.98 Å². The van der Waals surface area contributed by atoms with Gasteiger partial charge in [-0.1, -0.05) is 40.2 Å². The predicted molar refractivity (Wildman–Crippen MR) is 112 cm³/mol. The van der Waals surface area contributed by atoms with Gasteiger partial charge in [0.2, 0.25) is 5.91 Å². The number of aromatic nitrogens is 2. The number of carbonyl (C=O) groups excluding carboxylic acids is 1. The van der Waals surface area contributed by atoms with Gasteiger partial charge in [-0.15, -0.1) is 0 Å². The Labute approximate surface area is 166 Å². The van der Waals surface area contributed by atoms with Gasteiger partial charge < -0.3 is 9.88 Å². The average molecular weight is 432 g/mol. The Bertz CT molecular complexity index is 892. The number of nitrogens with one attached hydrogen (secondary N) is 1. The molecule has 6 heteroatoms. The molecule has 1 heterocycles. The zero-order valence-electron chi connectivity index (χ0n) is 14.9. The SMILES string of the molecule is CSCc1nc2ccccc2n1CC(=O)NC(C)Cc1ccc(Br)cc1. The van der Waals surface area contributed by atoms with E-state index in [1.165, 1.54) is 5.56 Å². The van der Waals surface area contributed by atoms with Crippen LogP contribution >= 0.6 is 27.7 Å². The molecule has 4 nitrogen and oxygen atoms in total. The summed E-state index contributed by atoms with van der Waals surface area (Å²) in [6.45, 7) is 2.33. The number of halogens is 1. The summed E-state index contributed by atoms with van der Waals surface area (Å²) in [5.41, 5.74) is 3.15. The van der Waals surface area contributed by atoms with E-state index < -0.39 is 0 Å². The minimum atomic E-state index is 0.0140. The van der Waals surface area contributed by atoms with Crippen LogP contribution in [-0.4, -0.2) is 27.8 Å². The predicted octanol–water partition coefficient (Wildman–Crippen LogP) is 4.41. The Balaban J connectivity index is 1.68. The first kappa shape index (κ1) is 19.0. The first-order chi connectivity index (χ1) is 12.6. The summed E-state index contributed by atoms with van der Waals surface area (Å²) in [7, 11) is 0. The first-order valence-electron chi connectivity index (χ1n) is 8.53. The van der Waals surface area contributed by atoms with Crippen molar-refractivity contribution in [1.82, 2.24) is 14.9 Å². The van der Waals surface area contributed by atoms with Crippen molar-refractivity contribution in [3.63, 3.8) is 0 Å². The fourth-order valence-corrected chi connectivity index (χ4v) is 3.77. The van der Waals surface area contributed by atoms with Crippen LogP contribution in [-0.2, 0) is 23.5 Å². The van der Waals surface area contributed by atoms with Crippen molar-refractivity contribution in [2.75, 3.05) is 6.26 Å². The van der Waals surface area contributed by atoms with Crippen LogP contribution in [0.15, 0.2) is 53.0 Å². The number of carbonyl (C=O) groups is 1. The van der Waals surface area contributed by atoms with Crippen LogP contribution < -0.4 is 5.32 Å². The second-order valence-electron chi connectivity index (χ2n) is 6.34. The fourth-order valence-electron chi connectivity index (χ4n) is 3.03. The molecule has 0 saturated carbocycles. The van der Waals surface area contributed by atoms with Gasteiger partial charge >= 0.3 is 0 Å². The van der Waals surface area contributed by atoms with Crippen molar-refractivity contribution in [2.45, 2.75) is 31.7 Å². The minimum absolute atomic E-state index is 0.0140. The molecular weight excluding hydrogens is 410 g/mol. The second kappa shape index (κ2) is 8.73. The lowest BCUT2D eigenvalue weighted by Crippen LogP contribution is -2.36. The molecule has 3 aromatic rings. The van der Waals surface area contributed by atoms with E-state index in [-0.39, 0.29) is 11.9 Å². The third kappa shape index (κ3) is 4.68. The van der Waals surface area contributed by atoms with Crippen LogP contribution in [0.3, 0.4) is 0 Å². The van der Waals surface area contributed by atoms with E-state index in [2.05, 4.69) is 38.4 Å². The number of hydrogen-bond acceptors (Lipinski definition) is 3. The van der Waals surface area contributed by atoms with Gasteiger partial charge in [-0.3, -0.25) is 4.79 Å². The highest BCUT2D eigenvalue weighted by atomic mass is 79.9. The molecule has 0 fully saturated rings. The van der Waals surface area contributed by atoms with E-state index in [9.17, 15) is 4.79 Å². The van der Waals surface area contributed by atoms with Crippen molar-refractivity contribution >= 4 is 44.6 Å². The number of para-hydroxylation sites is 2. The van der Waals surface area contributed by atoms with E-state index in [0.29, 0.717) is 6.54 Å². The highest BCUT2D eigenvalue weighted by Gasteiger charge is 2.14. The Kier molecular flexibility index (Phi) is 6.38. The van der Waals surface area contributed by atoms with E-state index in [1.807, 2.05) is 54.1 Å². The average Bonchev–Trinajstić information content (AvgIpc) is 2.95. The number of thioether (sulfide) groups is 1. The highest BCUT2D eigenvalue weighted by molar-refractivity contribution is 9.10. The number of fused-ring (bicyclic) bond motifs is 1. The van der Waals surface area contributed by atoms with Crippen LogP contribution in [0.2, 0.25) is 0 Å². The van der Waals surface area contributed by atoms with E-state index in [0.717, 1.165) is 33.5 Å². The topological polar surface area (TPSA) is 46.9 Å². The lowest BCUT2D eigenvalue weighted by Gasteiger charge is -2.15. The third-order valence-corrected chi connectivity index (χ3v) is 5.25. The standard InChI is InChI=1S/C20H22BrN3OS/c1-14(11-15-7-9-16(21)10-8-15)22-20(25)12-24-18-6-4-3-5-17(18)23-19(24)13-26-2/h3-10,14H,11-13H2,1-2H3,(H,22,25). The Morgan fingerprint density at radius 1 is 1.23 bits per heavy atom. The third-order valence-electron chi connectivity index (χ3n) is 4.17. The maximum Gasteiger partial charge on any atom is 0.240 e. The highest BCUT2D eigenvalue weighted by Crippen LogP contribution is 2.19. The molecule has 1 amide bonds. The molecule has 1 N–H and O–H groups in total. The maximum absolute atomic E-state index is 12.6. The number of amides is 1. The molecule has 0 saturated heterocycles. The molecule has 1 unspecified atom stereocenters. The molecule has 0 bridgehead atoms. The Hall–Kier alpha value is -1.79. The summed E-state index contributed by atoms with van der Waals surface area (Å²) in [6.07, 6.45) is 2.85. The van der Waals surface area contributed by atoms with Gasteiger partial charge in [0.1, 0.15) is 12.4 Å². The van der Waals surface area contributed by atoms with Crippen LogP contribution in [0, 0.1) is 0 Å². The van der Waals surface area contributed by atoms with Gasteiger partial charge in [0.25, 0.3) is 0 Å². The monoisotopic (exact) mass is 431 g/mol. The smallest absolute Gasteiger partial charge is 0.240 e. The number of imidazole rings is 1. The van der Waals surface area contributed by atoms with Crippen molar-refractivity contribution < 1.29 is 4.79 Å². The lowest BCUT2D eigenvalue weighted by atomic mass is 10.1. The minimum Gasteiger partial charge on any atom is -0.352 e. The van der Waals surface area contributed by atoms with Crippen LogP contribution in [0.4, 0.5) is 0 Å². The van der Waals surface area contributed by atoms with Crippen molar-refractivity contribution in [2.24, 2.45) is 0 Å². The Morgan fingerprint density at radius 3 is 2.69 bits per heavy atom. The quantitative estimate of drug-likeness (QED) is 0.602. The van der Waals surface area contributed by atoms with Crippen molar-refractivity contribution in [3.05, 3.63) is 64.4 Å². The Morgan fingerprint density at radius 2 is 1.96 bits per heavy atom. The number of rotatable bonds is 7. The molecule has 0 spiro atoms. The fraction of sp³-hybridized carbons (Fsp3) is 0.300. The zero-order valence-corrected chi connectivity index (χ0v) is 17.3. The molecule has 0 aliphatic rings. The van der Waals surface area contributed by atoms with Gasteiger partial charge in [0, 0.05) is 10.5 Å². The van der Waals surface area contributed by atoms with E-state index in [1.54, 1.807) is 11.8 Å². The molecular formula is C20H22BrN3OS. The summed E-state index contributed by atoms with van der Waals surface area (Å²) in [5, 5.41) is 3.11. The lowest BCUT2D eigenvalue weighted by molar-refractivity contribution is -0.122. The van der Waals surface area contributed by atoms with Crippen molar-refractivity contribution in [3.8, 4) is 0 Å². The largest absolute Gasteiger partial charge is 0.352 e. The first-order valence-corrected chi connectivity index (χ1v) is 10.7. The molecule has 1 atom stereocenters. The van der Waals surface area contributed by atoms with Crippen LogP contribution in [0.25, 0.3) is 11.0 Å². The van der Waals surface area contributed by atoms with Gasteiger partial charge in [-0.2, -0.15) is 11.8 Å². The summed E-state index contributed by atoms with van der Waals surface area (Å²) < 4.78 is 3.08. The number of hydrogen-bond donors (Lipinski definition) is 1. The molecule has 3 rings (SSSR count). The van der Waals surface area contributed by atoms with Gasteiger partial charge in [-0.05, 0) is 49.4 Å². The summed E-state index contributed by atoms with van der Waals surface area (Å²) in [6, 6.07) is 16.2. The van der Waals surface area contributed by atoms with Gasteiger partial charge in [0.05, 0.1) is 16.8 Å². The van der Waals surface area contributed by atoms with E-state index in [4.69, 9.17) is 0 Å². The number of nitrogens with zero attached hydrogens (tertiary/aromatic N) is 2. The molecule has 1 aromatic heterocycles. The summed E-state index contributed by atoms with van der Waals surface area (Å²) >= 11 is 5.15. The maximum atomic E-state index is 12.6. The van der Waals surface area contributed by atoms with Crippen molar-refractivity contribution in [1.29, 1.82) is 0 Å². The van der Waals surface area contributed by atoms with E-state index >= 15 is 0 Å². The molecule has 26 heavy (non-hydrogen) atoms. The molecule has 0 aliphatic carbocycles. The summed E-state index contributed by atoms with van der Waals surface area (Å²) in [5.74, 6) is 1.74. The van der Waals surface area contributed by atoms with Gasteiger partial charge in [0.15, 0.2) is 0 Å². The van der Waals surface area contributed by atoms with Crippen LogP contribution in [0.1, 0.15) is 18.3 Å². The second-order valence-corrected chi connectivity index (χ2v) is 8.12. The molecule has 2 aromatic carbocycles. The number of benzene rings is 2. The van der Waals surface area contributed by atoms with Crippen LogP contribution in [0.5, 0.6) is 0 Å². The molecule has 0 aliphatic heterocycles. The molecule has 136 valence electrons. The normalized spacial score (nSPS) is 12.3. The zero-order chi connectivity index (χ0) is 18.5.